The highest BCUT2D eigenvalue weighted by Crippen LogP contribution is 2.24. The Balaban J connectivity index is 1.41. The van der Waals surface area contributed by atoms with Gasteiger partial charge >= 0.3 is 5.97 Å². The van der Waals surface area contributed by atoms with E-state index in [0.717, 1.165) is 32.4 Å². The topological polar surface area (TPSA) is 55.3 Å². The summed E-state index contributed by atoms with van der Waals surface area (Å²) in [5.74, 6) is 0.198. The Morgan fingerprint density at radius 3 is 2.65 bits per heavy atom. The van der Waals surface area contributed by atoms with Crippen molar-refractivity contribution in [3.63, 3.8) is 0 Å². The molecule has 1 fully saturated rings. The smallest absolute Gasteiger partial charge is 0.338 e. The van der Waals surface area contributed by atoms with E-state index in [9.17, 15) is 9.18 Å². The summed E-state index contributed by atoms with van der Waals surface area (Å²) in [5.41, 5.74) is 0.223. The fraction of sp³-hybridized carbons (Fsp3) is 0.389. The Bertz CT molecular complexity index is 768. The minimum Gasteiger partial charge on any atom is -0.462 e. The van der Waals surface area contributed by atoms with E-state index in [1.165, 1.54) is 12.1 Å². The Morgan fingerprint density at radius 1 is 1.31 bits per heavy atom. The Labute approximate surface area is 164 Å². The van der Waals surface area contributed by atoms with Crippen LogP contribution in [0.15, 0.2) is 35.1 Å². The van der Waals surface area contributed by atoms with Crippen LogP contribution >= 0.6 is 27.5 Å². The van der Waals surface area contributed by atoms with Crippen LogP contribution in [0.25, 0.3) is 0 Å². The quantitative estimate of drug-likeness (QED) is 0.638. The molecule has 0 N–H and O–H groups in total. The molecule has 2 heterocycles. The molecular weight excluding hydrogens is 425 g/mol. The molecule has 3 rings (SSSR count). The average molecular weight is 443 g/mol. The largest absolute Gasteiger partial charge is 0.462 e. The molecular formula is C18H18BrClFN3O2. The van der Waals surface area contributed by atoms with Crippen LogP contribution in [-0.4, -0.2) is 35.6 Å². The molecule has 5 nitrogen and oxygen atoms in total. The zero-order chi connectivity index (χ0) is 18.5. The predicted molar refractivity (Wildman–Crippen MR) is 101 cm³/mol. The maximum Gasteiger partial charge on any atom is 0.338 e. The van der Waals surface area contributed by atoms with Crippen molar-refractivity contribution in [3.05, 3.63) is 51.5 Å². The van der Waals surface area contributed by atoms with E-state index in [4.69, 9.17) is 16.3 Å². The van der Waals surface area contributed by atoms with Gasteiger partial charge in [-0.25, -0.2) is 19.2 Å². The third kappa shape index (κ3) is 4.92. The minimum atomic E-state index is -0.497. The number of benzene rings is 1. The monoisotopic (exact) mass is 441 g/mol. The van der Waals surface area contributed by atoms with Crippen molar-refractivity contribution >= 4 is 39.4 Å². The van der Waals surface area contributed by atoms with Crippen molar-refractivity contribution in [3.8, 4) is 0 Å². The molecule has 2 aromatic rings. The van der Waals surface area contributed by atoms with E-state index < -0.39 is 11.8 Å². The summed E-state index contributed by atoms with van der Waals surface area (Å²) in [6, 6.07) is 4.22. The molecule has 0 unspecified atom stereocenters. The number of aromatic nitrogens is 2. The van der Waals surface area contributed by atoms with E-state index in [1.807, 2.05) is 0 Å². The predicted octanol–water partition coefficient (Wildman–Crippen LogP) is 4.50. The second-order valence-corrected chi connectivity index (χ2v) is 7.48. The molecule has 1 aromatic carbocycles. The van der Waals surface area contributed by atoms with Gasteiger partial charge in [0.25, 0.3) is 0 Å². The first-order chi connectivity index (χ1) is 12.5. The van der Waals surface area contributed by atoms with Crippen LogP contribution in [0.3, 0.4) is 0 Å². The molecule has 138 valence electrons. The molecule has 1 aliphatic heterocycles. The molecule has 1 saturated heterocycles. The third-order valence-corrected chi connectivity index (χ3v) is 5.26. The Hall–Kier alpha value is -1.73. The molecule has 0 amide bonds. The molecule has 8 heteroatoms. The number of carbonyl (C=O) groups excluding carboxylic acids is 1. The molecule has 0 saturated carbocycles. The molecule has 0 spiro atoms. The molecule has 0 aliphatic carbocycles. The fourth-order valence-corrected chi connectivity index (χ4v) is 3.26. The van der Waals surface area contributed by atoms with Crippen LogP contribution in [0.4, 0.5) is 10.3 Å². The van der Waals surface area contributed by atoms with Gasteiger partial charge in [-0.2, -0.15) is 0 Å². The number of esters is 1. The van der Waals surface area contributed by atoms with Gasteiger partial charge in [0.05, 0.1) is 34.1 Å². The van der Waals surface area contributed by atoms with Crippen molar-refractivity contribution in [1.29, 1.82) is 0 Å². The maximum atomic E-state index is 13.5. The maximum absolute atomic E-state index is 13.5. The number of hydrogen-bond donors (Lipinski definition) is 0. The number of piperidine rings is 1. The summed E-state index contributed by atoms with van der Waals surface area (Å²) in [7, 11) is 0. The van der Waals surface area contributed by atoms with Crippen LogP contribution in [0.5, 0.6) is 0 Å². The van der Waals surface area contributed by atoms with Gasteiger partial charge in [-0.15, -0.1) is 0 Å². The summed E-state index contributed by atoms with van der Waals surface area (Å²) >= 11 is 8.87. The van der Waals surface area contributed by atoms with E-state index in [-0.39, 0.29) is 5.56 Å². The summed E-state index contributed by atoms with van der Waals surface area (Å²) in [5, 5.41) is 0.524. The van der Waals surface area contributed by atoms with Crippen molar-refractivity contribution in [2.24, 2.45) is 5.92 Å². The van der Waals surface area contributed by atoms with Crippen LogP contribution in [0.2, 0.25) is 5.02 Å². The van der Waals surface area contributed by atoms with Gasteiger partial charge in [-0.05, 0) is 59.3 Å². The second kappa shape index (κ2) is 8.77. The number of rotatable bonds is 5. The highest BCUT2D eigenvalue weighted by Gasteiger charge is 2.21. The lowest BCUT2D eigenvalue weighted by Crippen LogP contribution is -2.35. The van der Waals surface area contributed by atoms with E-state index in [1.54, 1.807) is 18.5 Å². The molecule has 1 aliphatic rings. The van der Waals surface area contributed by atoms with Crippen molar-refractivity contribution in [2.75, 3.05) is 24.6 Å². The van der Waals surface area contributed by atoms with Crippen molar-refractivity contribution in [1.82, 2.24) is 9.97 Å². The SMILES string of the molecule is O=C(OCCC1CCN(c2ncc(Cl)cn2)CC1)c1ccc(Br)c(F)c1. The van der Waals surface area contributed by atoms with Crippen LogP contribution < -0.4 is 4.90 Å². The van der Waals surface area contributed by atoms with Crippen LogP contribution in [0, 0.1) is 11.7 Å². The van der Waals surface area contributed by atoms with Gasteiger partial charge in [-0.3, -0.25) is 0 Å². The van der Waals surface area contributed by atoms with E-state index in [2.05, 4.69) is 30.8 Å². The van der Waals surface area contributed by atoms with Crippen molar-refractivity contribution < 1.29 is 13.9 Å². The highest BCUT2D eigenvalue weighted by atomic mass is 79.9. The summed E-state index contributed by atoms with van der Waals surface area (Å²) in [6.07, 6.45) is 5.95. The van der Waals surface area contributed by atoms with Gasteiger partial charge in [0.2, 0.25) is 5.95 Å². The zero-order valence-electron chi connectivity index (χ0n) is 14.0. The lowest BCUT2D eigenvalue weighted by Gasteiger charge is -2.31. The van der Waals surface area contributed by atoms with Crippen LogP contribution in [0.1, 0.15) is 29.6 Å². The molecule has 1 aromatic heterocycles. The van der Waals surface area contributed by atoms with Crippen LogP contribution in [-0.2, 0) is 4.74 Å². The molecule has 26 heavy (non-hydrogen) atoms. The first-order valence-corrected chi connectivity index (χ1v) is 9.54. The molecule has 0 radical (unpaired) electrons. The number of hydrogen-bond acceptors (Lipinski definition) is 5. The van der Waals surface area contributed by atoms with Gasteiger partial charge in [0.1, 0.15) is 5.82 Å². The molecule has 0 bridgehead atoms. The fourth-order valence-electron chi connectivity index (χ4n) is 2.92. The van der Waals surface area contributed by atoms with E-state index in [0.29, 0.717) is 28.0 Å². The van der Waals surface area contributed by atoms with Gasteiger partial charge in [0.15, 0.2) is 0 Å². The van der Waals surface area contributed by atoms with Gasteiger partial charge < -0.3 is 9.64 Å². The highest BCUT2D eigenvalue weighted by molar-refractivity contribution is 9.10. The summed E-state index contributed by atoms with van der Waals surface area (Å²) in [4.78, 5) is 22.6. The normalized spacial score (nSPS) is 15.1. The third-order valence-electron chi connectivity index (χ3n) is 4.42. The number of ether oxygens (including phenoxy) is 1. The average Bonchev–Trinajstić information content (AvgIpc) is 2.65. The Kier molecular flexibility index (Phi) is 6.43. The lowest BCUT2D eigenvalue weighted by molar-refractivity contribution is 0.0477. The zero-order valence-corrected chi connectivity index (χ0v) is 16.3. The van der Waals surface area contributed by atoms with Gasteiger partial charge in [-0.1, -0.05) is 11.6 Å². The standard InChI is InChI=1S/C18H18BrClFN3O2/c19-15-2-1-13(9-16(15)21)17(25)26-8-5-12-3-6-24(7-4-12)18-22-10-14(20)11-23-18/h1-2,9-12H,3-8H2. The number of anilines is 1. The first-order valence-electron chi connectivity index (χ1n) is 8.37. The van der Waals surface area contributed by atoms with Crippen molar-refractivity contribution in [2.45, 2.75) is 19.3 Å². The number of carbonyl (C=O) groups is 1. The number of halogens is 3. The van der Waals surface area contributed by atoms with Gasteiger partial charge in [0, 0.05) is 13.1 Å². The molecule has 0 atom stereocenters. The minimum absolute atomic E-state index is 0.223. The number of nitrogens with zero attached hydrogens (tertiary/aromatic N) is 3. The van der Waals surface area contributed by atoms with E-state index >= 15 is 0 Å². The summed E-state index contributed by atoms with van der Waals surface area (Å²) in [6.45, 7) is 2.05. The lowest BCUT2D eigenvalue weighted by atomic mass is 9.94. The summed E-state index contributed by atoms with van der Waals surface area (Å²) < 4.78 is 19.1. The second-order valence-electron chi connectivity index (χ2n) is 6.19. The Morgan fingerprint density at radius 2 is 2.00 bits per heavy atom. The first kappa shape index (κ1) is 19.0.